The molecular formula is C9H13ClN2O. The molecule has 0 bridgehead atoms. The molecule has 3 nitrogen and oxygen atoms in total. The standard InChI is InChI=1S/C9H12N2O.ClH/c1-2-8(6-10-3-1)9-7-12-5-4-11-9;/h1-3,6,9,11H,4-5,7H2;1H. The van der Waals surface area contributed by atoms with Gasteiger partial charge in [-0.3, -0.25) is 4.98 Å². The van der Waals surface area contributed by atoms with Crippen molar-refractivity contribution < 1.29 is 4.74 Å². The molecule has 1 N–H and O–H groups in total. The molecule has 1 aromatic rings. The summed E-state index contributed by atoms with van der Waals surface area (Å²) in [6.45, 7) is 2.50. The van der Waals surface area contributed by atoms with Crippen molar-refractivity contribution in [3.8, 4) is 0 Å². The van der Waals surface area contributed by atoms with Gasteiger partial charge in [-0.15, -0.1) is 12.4 Å². The molecule has 0 aromatic carbocycles. The first-order valence-electron chi connectivity index (χ1n) is 4.18. The van der Waals surface area contributed by atoms with Crippen molar-refractivity contribution >= 4 is 12.4 Å². The highest BCUT2D eigenvalue weighted by Crippen LogP contribution is 2.13. The van der Waals surface area contributed by atoms with Crippen LogP contribution in [0.15, 0.2) is 24.5 Å². The average Bonchev–Trinajstić information content (AvgIpc) is 2.21. The van der Waals surface area contributed by atoms with E-state index >= 15 is 0 Å². The number of nitrogens with one attached hydrogen (secondary N) is 1. The molecule has 1 saturated heterocycles. The number of nitrogens with zero attached hydrogens (tertiary/aromatic N) is 1. The number of pyridine rings is 1. The van der Waals surface area contributed by atoms with Crippen LogP contribution in [0.3, 0.4) is 0 Å². The lowest BCUT2D eigenvalue weighted by Crippen LogP contribution is -2.34. The fourth-order valence-corrected chi connectivity index (χ4v) is 1.36. The maximum Gasteiger partial charge on any atom is 0.0662 e. The topological polar surface area (TPSA) is 34.1 Å². The molecular weight excluding hydrogens is 188 g/mol. The number of hydrogen-bond acceptors (Lipinski definition) is 3. The monoisotopic (exact) mass is 200 g/mol. The molecule has 1 aromatic heterocycles. The highest BCUT2D eigenvalue weighted by molar-refractivity contribution is 5.85. The summed E-state index contributed by atoms with van der Waals surface area (Å²) in [7, 11) is 0. The average molecular weight is 201 g/mol. The summed E-state index contributed by atoms with van der Waals surface area (Å²) in [6, 6.07) is 4.35. The maximum atomic E-state index is 5.35. The summed E-state index contributed by atoms with van der Waals surface area (Å²) in [4.78, 5) is 4.06. The Bertz CT molecular complexity index is 237. The van der Waals surface area contributed by atoms with Crippen LogP contribution in [0.25, 0.3) is 0 Å². The van der Waals surface area contributed by atoms with Gasteiger partial charge in [0.25, 0.3) is 0 Å². The Morgan fingerprint density at radius 3 is 3.08 bits per heavy atom. The highest BCUT2D eigenvalue weighted by atomic mass is 35.5. The Morgan fingerprint density at radius 2 is 2.46 bits per heavy atom. The second-order valence-corrected chi connectivity index (χ2v) is 2.87. The third-order valence-electron chi connectivity index (χ3n) is 2.01. The van der Waals surface area contributed by atoms with Crippen molar-refractivity contribution in [1.29, 1.82) is 0 Å². The van der Waals surface area contributed by atoms with Crippen LogP contribution in [0, 0.1) is 0 Å². The van der Waals surface area contributed by atoms with E-state index < -0.39 is 0 Å². The van der Waals surface area contributed by atoms with Gasteiger partial charge >= 0.3 is 0 Å². The van der Waals surface area contributed by atoms with Crippen molar-refractivity contribution in [2.24, 2.45) is 0 Å². The van der Waals surface area contributed by atoms with Crippen LogP contribution in [0.2, 0.25) is 0 Å². The minimum atomic E-state index is 0. The van der Waals surface area contributed by atoms with E-state index in [9.17, 15) is 0 Å². The van der Waals surface area contributed by atoms with Gasteiger partial charge in [-0.25, -0.2) is 0 Å². The third-order valence-corrected chi connectivity index (χ3v) is 2.01. The van der Waals surface area contributed by atoms with Crippen LogP contribution in [0.5, 0.6) is 0 Å². The number of halogens is 1. The van der Waals surface area contributed by atoms with E-state index in [4.69, 9.17) is 4.74 Å². The SMILES string of the molecule is Cl.c1cncc(C2COCCN2)c1. The lowest BCUT2D eigenvalue weighted by Gasteiger charge is -2.23. The molecule has 2 heterocycles. The molecule has 0 aliphatic carbocycles. The Labute approximate surface area is 83.9 Å². The number of aromatic nitrogens is 1. The van der Waals surface area contributed by atoms with Crippen molar-refractivity contribution in [2.75, 3.05) is 19.8 Å². The van der Waals surface area contributed by atoms with Crippen molar-refractivity contribution in [3.05, 3.63) is 30.1 Å². The lowest BCUT2D eigenvalue weighted by molar-refractivity contribution is 0.0768. The highest BCUT2D eigenvalue weighted by Gasteiger charge is 2.14. The molecule has 13 heavy (non-hydrogen) atoms. The third kappa shape index (κ3) is 2.66. The summed E-state index contributed by atoms with van der Waals surface area (Å²) in [5.41, 5.74) is 1.21. The van der Waals surface area contributed by atoms with E-state index in [1.165, 1.54) is 5.56 Å². The number of ether oxygens (including phenoxy) is 1. The van der Waals surface area contributed by atoms with E-state index in [0.29, 0.717) is 6.04 Å². The Morgan fingerprint density at radius 1 is 1.54 bits per heavy atom. The van der Waals surface area contributed by atoms with Gasteiger partial charge in [0.05, 0.1) is 19.3 Å². The van der Waals surface area contributed by atoms with Crippen LogP contribution in [0.4, 0.5) is 0 Å². The van der Waals surface area contributed by atoms with Gasteiger partial charge in [0, 0.05) is 18.9 Å². The molecule has 1 unspecified atom stereocenters. The van der Waals surface area contributed by atoms with Crippen LogP contribution in [0.1, 0.15) is 11.6 Å². The molecule has 1 aliphatic rings. The van der Waals surface area contributed by atoms with Crippen molar-refractivity contribution in [3.63, 3.8) is 0 Å². The van der Waals surface area contributed by atoms with Crippen LogP contribution in [-0.2, 0) is 4.74 Å². The largest absolute Gasteiger partial charge is 0.378 e. The van der Waals surface area contributed by atoms with Crippen LogP contribution in [-0.4, -0.2) is 24.7 Å². The first kappa shape index (κ1) is 10.4. The Kier molecular flexibility index (Phi) is 4.15. The zero-order chi connectivity index (χ0) is 8.23. The van der Waals surface area contributed by atoms with Gasteiger partial charge in [-0.2, -0.15) is 0 Å². The Balaban J connectivity index is 0.000000845. The summed E-state index contributed by atoms with van der Waals surface area (Å²) >= 11 is 0. The van der Waals surface area contributed by atoms with E-state index in [-0.39, 0.29) is 12.4 Å². The molecule has 0 amide bonds. The molecule has 1 aliphatic heterocycles. The summed E-state index contributed by atoms with van der Waals surface area (Å²) in [6.07, 6.45) is 3.67. The lowest BCUT2D eigenvalue weighted by atomic mass is 10.1. The minimum Gasteiger partial charge on any atom is -0.378 e. The molecule has 72 valence electrons. The fourth-order valence-electron chi connectivity index (χ4n) is 1.36. The molecule has 2 rings (SSSR count). The second kappa shape index (κ2) is 5.17. The molecule has 4 heteroatoms. The van der Waals surface area contributed by atoms with E-state index in [1.54, 1.807) is 6.20 Å². The predicted octanol–water partition coefficient (Wildman–Crippen LogP) is 1.16. The first-order chi connectivity index (χ1) is 5.97. The quantitative estimate of drug-likeness (QED) is 0.739. The molecule has 0 saturated carbocycles. The molecule has 0 radical (unpaired) electrons. The van der Waals surface area contributed by atoms with Gasteiger partial charge in [-0.05, 0) is 11.6 Å². The van der Waals surface area contributed by atoms with Crippen LogP contribution >= 0.6 is 12.4 Å². The number of hydrogen-bond donors (Lipinski definition) is 1. The summed E-state index contributed by atoms with van der Waals surface area (Å²) < 4.78 is 5.35. The van der Waals surface area contributed by atoms with Gasteiger partial charge < -0.3 is 10.1 Å². The summed E-state index contributed by atoms with van der Waals surface area (Å²) in [5, 5.41) is 3.37. The summed E-state index contributed by atoms with van der Waals surface area (Å²) in [5.74, 6) is 0. The van der Waals surface area contributed by atoms with Gasteiger partial charge in [-0.1, -0.05) is 6.07 Å². The normalized spacial score (nSPS) is 22.0. The molecule has 1 fully saturated rings. The minimum absolute atomic E-state index is 0. The number of rotatable bonds is 1. The maximum absolute atomic E-state index is 5.35. The zero-order valence-corrected chi connectivity index (χ0v) is 8.09. The van der Waals surface area contributed by atoms with Crippen molar-refractivity contribution in [1.82, 2.24) is 10.3 Å². The Hall–Kier alpha value is -0.640. The van der Waals surface area contributed by atoms with Crippen LogP contribution < -0.4 is 5.32 Å². The van der Waals surface area contributed by atoms with Gasteiger partial charge in [0.1, 0.15) is 0 Å². The van der Waals surface area contributed by atoms with Gasteiger partial charge in [0.15, 0.2) is 0 Å². The molecule has 0 spiro atoms. The van der Waals surface area contributed by atoms with Gasteiger partial charge in [0.2, 0.25) is 0 Å². The van der Waals surface area contributed by atoms with Crippen molar-refractivity contribution in [2.45, 2.75) is 6.04 Å². The smallest absolute Gasteiger partial charge is 0.0662 e. The molecule has 1 atom stereocenters. The second-order valence-electron chi connectivity index (χ2n) is 2.87. The van der Waals surface area contributed by atoms with E-state index in [2.05, 4.69) is 16.4 Å². The zero-order valence-electron chi connectivity index (χ0n) is 7.27. The van der Waals surface area contributed by atoms with E-state index in [0.717, 1.165) is 19.8 Å². The predicted molar refractivity (Wildman–Crippen MR) is 53.0 cm³/mol. The fraction of sp³-hybridized carbons (Fsp3) is 0.444. The first-order valence-corrected chi connectivity index (χ1v) is 4.18. The van der Waals surface area contributed by atoms with E-state index in [1.807, 2.05) is 12.3 Å². The number of morpholine rings is 1.